The molecule has 0 radical (unpaired) electrons. The summed E-state index contributed by atoms with van der Waals surface area (Å²) in [7, 11) is -0.464. The van der Waals surface area contributed by atoms with Crippen LogP contribution in [-0.2, 0) is 4.12 Å². The highest BCUT2D eigenvalue weighted by Crippen LogP contribution is 2.70. The molecule has 0 spiro atoms. The second kappa shape index (κ2) is 3.69. The van der Waals surface area contributed by atoms with E-state index in [0.717, 1.165) is 28.2 Å². The first kappa shape index (κ1) is 10.5. The van der Waals surface area contributed by atoms with Gasteiger partial charge >= 0.3 is 0 Å². The lowest BCUT2D eigenvalue weighted by Crippen LogP contribution is -2.41. The van der Waals surface area contributed by atoms with E-state index < -0.39 is 9.04 Å². The van der Waals surface area contributed by atoms with Crippen molar-refractivity contribution < 1.29 is 9.22 Å². The summed E-state index contributed by atoms with van der Waals surface area (Å²) >= 11 is 0. The number of hydrogen-bond acceptors (Lipinski definition) is 2. The van der Waals surface area contributed by atoms with Crippen LogP contribution in [0.15, 0.2) is 0 Å². The molecule has 2 bridgehead atoms. The highest BCUT2D eigenvalue weighted by molar-refractivity contribution is 6.59. The molecule has 5 atom stereocenters. The molecule has 0 aromatic carbocycles. The third-order valence-electron chi connectivity index (χ3n) is 5.63. The van der Waals surface area contributed by atoms with Crippen molar-refractivity contribution in [2.75, 3.05) is 6.23 Å². The zero-order valence-corrected chi connectivity index (χ0v) is 12.8. The fraction of sp³-hybridized carbons (Fsp3) is 1.00. The van der Waals surface area contributed by atoms with Crippen molar-refractivity contribution in [3.05, 3.63) is 0 Å². The van der Waals surface area contributed by atoms with Gasteiger partial charge in [-0.15, -0.1) is 0 Å². The van der Waals surface area contributed by atoms with E-state index in [1.165, 1.54) is 38.5 Å². The van der Waals surface area contributed by atoms with Crippen LogP contribution < -0.4 is 0 Å². The van der Waals surface area contributed by atoms with Gasteiger partial charge in [-0.05, 0) is 54.9 Å². The van der Waals surface area contributed by atoms with Gasteiger partial charge in [-0.1, -0.05) is 6.42 Å². The Balaban J connectivity index is 1.90. The monoisotopic (exact) mass is 242 g/mol. The number of aliphatic hydroxyl groups is 1. The minimum atomic E-state index is -1.30. The second-order valence-corrected chi connectivity index (χ2v) is 10.2. The number of aliphatic hydroxyl groups excluding tert-OH is 1. The summed E-state index contributed by atoms with van der Waals surface area (Å²) in [5.74, 6) is 2.99. The van der Waals surface area contributed by atoms with Crippen LogP contribution in [0.2, 0.25) is 5.04 Å². The zero-order valence-electron chi connectivity index (χ0n) is 9.61. The van der Waals surface area contributed by atoms with E-state index in [2.05, 4.69) is 0 Å². The maximum absolute atomic E-state index is 9.58. The van der Waals surface area contributed by atoms with Crippen molar-refractivity contribution in [3.8, 4) is 0 Å². The summed E-state index contributed by atoms with van der Waals surface area (Å²) in [6, 6.07) is 0. The maximum atomic E-state index is 9.58. The van der Waals surface area contributed by atoms with E-state index in [9.17, 15) is 5.11 Å². The van der Waals surface area contributed by atoms with Crippen LogP contribution in [0, 0.1) is 17.8 Å². The summed E-state index contributed by atoms with van der Waals surface area (Å²) < 4.78 is 5.84. The molecular formula is C11H22O2Si2. The van der Waals surface area contributed by atoms with Crippen molar-refractivity contribution >= 4 is 19.5 Å². The Morgan fingerprint density at radius 3 is 3.00 bits per heavy atom. The zero-order chi connectivity index (χ0) is 10.5. The molecular weight excluding hydrogens is 220 g/mol. The molecule has 0 amide bonds. The highest BCUT2D eigenvalue weighted by Gasteiger charge is 2.62. The van der Waals surface area contributed by atoms with E-state index in [1.807, 2.05) is 0 Å². The van der Waals surface area contributed by atoms with E-state index >= 15 is 0 Å². The second-order valence-electron chi connectivity index (χ2n) is 5.84. The highest BCUT2D eigenvalue weighted by atomic mass is 28.3. The SMILES string of the molecule is OC[SiH](O[SiH3])C12CCC(C1)C1CCCC12. The van der Waals surface area contributed by atoms with Crippen LogP contribution in [0.1, 0.15) is 38.5 Å². The van der Waals surface area contributed by atoms with Crippen molar-refractivity contribution in [2.24, 2.45) is 17.8 Å². The summed E-state index contributed by atoms with van der Waals surface area (Å²) in [4.78, 5) is 0. The van der Waals surface area contributed by atoms with Crippen LogP contribution in [0.5, 0.6) is 0 Å². The molecule has 1 N–H and O–H groups in total. The Bertz CT molecular complexity index is 257. The molecule has 0 aromatic rings. The minimum Gasteiger partial charge on any atom is -0.464 e. The summed E-state index contributed by atoms with van der Waals surface area (Å²) in [5, 5.41) is 10.1. The van der Waals surface area contributed by atoms with E-state index in [-0.39, 0.29) is 0 Å². The van der Waals surface area contributed by atoms with E-state index in [4.69, 9.17) is 4.12 Å². The smallest absolute Gasteiger partial charge is 0.194 e. The molecule has 86 valence electrons. The minimum absolute atomic E-state index is 0.388. The molecule has 3 saturated carbocycles. The lowest BCUT2D eigenvalue weighted by atomic mass is 9.81. The van der Waals surface area contributed by atoms with Crippen molar-refractivity contribution in [3.63, 3.8) is 0 Å². The van der Waals surface area contributed by atoms with Crippen LogP contribution in [0.4, 0.5) is 0 Å². The molecule has 3 aliphatic rings. The fourth-order valence-electron chi connectivity index (χ4n) is 5.14. The van der Waals surface area contributed by atoms with Gasteiger partial charge < -0.3 is 9.22 Å². The van der Waals surface area contributed by atoms with Crippen molar-refractivity contribution in [1.29, 1.82) is 0 Å². The van der Waals surface area contributed by atoms with Crippen LogP contribution in [0.25, 0.3) is 0 Å². The van der Waals surface area contributed by atoms with Gasteiger partial charge in [0.2, 0.25) is 0 Å². The molecule has 0 aliphatic heterocycles. The van der Waals surface area contributed by atoms with Crippen LogP contribution in [-0.4, -0.2) is 30.9 Å². The third kappa shape index (κ3) is 1.28. The summed E-state index contributed by atoms with van der Waals surface area (Å²) in [6.45, 7) is 0. The predicted molar refractivity (Wildman–Crippen MR) is 66.1 cm³/mol. The molecule has 0 saturated heterocycles. The molecule has 15 heavy (non-hydrogen) atoms. The molecule has 3 rings (SSSR count). The van der Waals surface area contributed by atoms with Gasteiger partial charge in [0.1, 0.15) is 10.5 Å². The van der Waals surface area contributed by atoms with E-state index in [0.29, 0.717) is 11.3 Å². The van der Waals surface area contributed by atoms with Gasteiger partial charge in [0, 0.05) is 0 Å². The molecule has 3 fully saturated rings. The first-order valence-electron chi connectivity index (χ1n) is 6.45. The normalized spacial score (nSPS) is 49.8. The maximum Gasteiger partial charge on any atom is 0.194 e. The predicted octanol–water partition coefficient (Wildman–Crippen LogP) is 0.509. The molecule has 3 aliphatic carbocycles. The summed E-state index contributed by atoms with van der Waals surface area (Å²) in [5.41, 5.74) is 0. The fourth-order valence-corrected chi connectivity index (χ4v) is 9.92. The quantitative estimate of drug-likeness (QED) is 0.731. The topological polar surface area (TPSA) is 29.5 Å². The molecule has 4 heteroatoms. The average Bonchev–Trinajstić information content (AvgIpc) is 2.91. The first-order valence-corrected chi connectivity index (χ1v) is 9.13. The molecule has 5 unspecified atom stereocenters. The van der Waals surface area contributed by atoms with Gasteiger partial charge in [-0.3, -0.25) is 0 Å². The Morgan fingerprint density at radius 2 is 2.27 bits per heavy atom. The Labute approximate surface area is 96.7 Å². The van der Waals surface area contributed by atoms with Gasteiger partial charge in [-0.2, -0.15) is 0 Å². The van der Waals surface area contributed by atoms with Gasteiger partial charge in [-0.25, -0.2) is 0 Å². The lowest BCUT2D eigenvalue weighted by Gasteiger charge is -2.40. The Morgan fingerprint density at radius 1 is 1.40 bits per heavy atom. The standard InChI is InChI=1S/C11H22O2Si2/c12-7-15(13-14)11-5-4-8(6-11)9-2-1-3-10(9)11/h8-10,12,15H,1-7H2,14H3. The lowest BCUT2D eigenvalue weighted by molar-refractivity contribution is 0.244. The average molecular weight is 242 g/mol. The van der Waals surface area contributed by atoms with Gasteiger partial charge in [0.05, 0.1) is 6.23 Å². The van der Waals surface area contributed by atoms with Crippen LogP contribution in [0.3, 0.4) is 0 Å². The molecule has 0 aromatic heterocycles. The third-order valence-corrected chi connectivity index (χ3v) is 10.5. The number of rotatable bonds is 3. The molecule has 0 heterocycles. The Kier molecular flexibility index (Phi) is 2.58. The van der Waals surface area contributed by atoms with Crippen LogP contribution >= 0.6 is 0 Å². The van der Waals surface area contributed by atoms with Gasteiger partial charge in [0.25, 0.3) is 0 Å². The first-order chi connectivity index (χ1) is 7.31. The van der Waals surface area contributed by atoms with Crippen molar-refractivity contribution in [1.82, 2.24) is 0 Å². The van der Waals surface area contributed by atoms with Gasteiger partial charge in [0.15, 0.2) is 9.04 Å². The van der Waals surface area contributed by atoms with E-state index in [1.54, 1.807) is 0 Å². The van der Waals surface area contributed by atoms with Crippen molar-refractivity contribution in [2.45, 2.75) is 43.6 Å². The number of hydrogen-bond donors (Lipinski definition) is 1. The molecule has 2 nitrogen and oxygen atoms in total. The Hall–Kier alpha value is 0.354. The largest absolute Gasteiger partial charge is 0.464 e. The summed E-state index contributed by atoms with van der Waals surface area (Å²) in [6.07, 6.45) is 9.00. The number of fused-ring (bicyclic) bond motifs is 5.